The highest BCUT2D eigenvalue weighted by atomic mass is 79.9. The van der Waals surface area contributed by atoms with Gasteiger partial charge in [-0.05, 0) is 46.9 Å². The summed E-state index contributed by atoms with van der Waals surface area (Å²) in [7, 11) is 0. The molecule has 0 amide bonds. The molecule has 0 aromatic heterocycles. The minimum atomic E-state index is -0.00189. The Morgan fingerprint density at radius 2 is 1.71 bits per heavy atom. The lowest BCUT2D eigenvalue weighted by atomic mass is 10.00. The van der Waals surface area contributed by atoms with Crippen molar-refractivity contribution >= 4 is 38.3 Å². The van der Waals surface area contributed by atoms with Gasteiger partial charge in [-0.3, -0.25) is 0 Å². The smallest absolute Gasteiger partial charge is 0.0625 e. The van der Waals surface area contributed by atoms with Gasteiger partial charge >= 0.3 is 0 Å². The maximum Gasteiger partial charge on any atom is 0.0625 e. The summed E-state index contributed by atoms with van der Waals surface area (Å²) >= 11 is 10.1. The Morgan fingerprint density at radius 1 is 0.952 bits per heavy atom. The summed E-state index contributed by atoms with van der Waals surface area (Å²) in [5, 5.41) is 2.54. The molecule has 0 saturated heterocycles. The van der Waals surface area contributed by atoms with Crippen LogP contribution in [0.3, 0.4) is 0 Å². The summed E-state index contributed by atoms with van der Waals surface area (Å²) in [5.41, 5.74) is 3.66. The maximum absolute atomic E-state index is 6.60. The van der Waals surface area contributed by atoms with Crippen molar-refractivity contribution in [3.05, 3.63) is 81.8 Å². The highest BCUT2D eigenvalue weighted by Gasteiger charge is 2.10. The van der Waals surface area contributed by atoms with E-state index >= 15 is 0 Å². The largest absolute Gasteiger partial charge is 0.117 e. The molecular weight excluding hydrogens is 344 g/mol. The number of halogens is 2. The van der Waals surface area contributed by atoms with Crippen LogP contribution in [-0.4, -0.2) is 0 Å². The van der Waals surface area contributed by atoms with Crippen LogP contribution in [0.15, 0.2) is 65.1 Å². The summed E-state index contributed by atoms with van der Waals surface area (Å²) in [6.07, 6.45) is 0.841. The zero-order valence-electron chi connectivity index (χ0n) is 11.8. The lowest BCUT2D eigenvalue weighted by Crippen LogP contribution is -1.96. The lowest BCUT2D eigenvalue weighted by molar-refractivity contribution is 0.919. The molecule has 0 bridgehead atoms. The SMILES string of the molecule is Cc1cc(C(Cl)Cc2ccc3ccccc3c2)ccc1Br. The van der Waals surface area contributed by atoms with Crippen molar-refractivity contribution in [2.45, 2.75) is 18.7 Å². The molecule has 0 aliphatic heterocycles. The summed E-state index contributed by atoms with van der Waals surface area (Å²) in [6.45, 7) is 2.09. The molecule has 0 spiro atoms. The molecule has 21 heavy (non-hydrogen) atoms. The van der Waals surface area contributed by atoms with E-state index in [0.717, 1.165) is 10.9 Å². The summed E-state index contributed by atoms with van der Waals surface area (Å²) in [4.78, 5) is 0. The third-order valence-electron chi connectivity index (χ3n) is 3.77. The number of alkyl halides is 1. The molecule has 1 unspecified atom stereocenters. The minimum Gasteiger partial charge on any atom is -0.117 e. The number of fused-ring (bicyclic) bond motifs is 1. The van der Waals surface area contributed by atoms with Crippen LogP contribution in [0.5, 0.6) is 0 Å². The fourth-order valence-electron chi connectivity index (χ4n) is 2.55. The third kappa shape index (κ3) is 3.30. The Balaban J connectivity index is 1.85. The van der Waals surface area contributed by atoms with E-state index in [1.54, 1.807) is 0 Å². The van der Waals surface area contributed by atoms with Gasteiger partial charge in [0.1, 0.15) is 0 Å². The molecule has 3 aromatic rings. The topological polar surface area (TPSA) is 0 Å². The predicted octanol–water partition coefficient (Wildman–Crippen LogP) is 6.43. The highest BCUT2D eigenvalue weighted by molar-refractivity contribution is 9.10. The van der Waals surface area contributed by atoms with Crippen LogP contribution in [0.1, 0.15) is 22.1 Å². The van der Waals surface area contributed by atoms with Crippen molar-refractivity contribution in [2.75, 3.05) is 0 Å². The van der Waals surface area contributed by atoms with Gasteiger partial charge in [-0.1, -0.05) is 70.5 Å². The van der Waals surface area contributed by atoms with Gasteiger partial charge in [-0.15, -0.1) is 11.6 Å². The fourth-order valence-corrected chi connectivity index (χ4v) is 3.11. The van der Waals surface area contributed by atoms with Crippen LogP contribution in [0.4, 0.5) is 0 Å². The Hall–Kier alpha value is -1.31. The van der Waals surface area contributed by atoms with Gasteiger partial charge in [-0.25, -0.2) is 0 Å². The van der Waals surface area contributed by atoms with Crippen molar-refractivity contribution in [1.29, 1.82) is 0 Å². The molecule has 0 radical (unpaired) electrons. The van der Waals surface area contributed by atoms with Gasteiger partial charge in [0, 0.05) is 4.47 Å². The van der Waals surface area contributed by atoms with Gasteiger partial charge in [0.25, 0.3) is 0 Å². The molecule has 0 N–H and O–H groups in total. The first-order valence-electron chi connectivity index (χ1n) is 7.01. The van der Waals surface area contributed by atoms with E-state index in [1.807, 2.05) is 0 Å². The molecule has 106 valence electrons. The van der Waals surface area contributed by atoms with Crippen molar-refractivity contribution in [1.82, 2.24) is 0 Å². The molecule has 0 saturated carbocycles. The zero-order chi connectivity index (χ0) is 14.8. The van der Waals surface area contributed by atoms with Crippen molar-refractivity contribution in [3.63, 3.8) is 0 Å². The maximum atomic E-state index is 6.60. The Labute approximate surface area is 138 Å². The second-order valence-electron chi connectivity index (χ2n) is 5.36. The first-order chi connectivity index (χ1) is 10.1. The van der Waals surface area contributed by atoms with Gasteiger partial charge in [0.2, 0.25) is 0 Å². The van der Waals surface area contributed by atoms with Gasteiger partial charge in [0.15, 0.2) is 0 Å². The minimum absolute atomic E-state index is 0.00189. The first-order valence-corrected chi connectivity index (χ1v) is 8.24. The number of aryl methyl sites for hydroxylation is 1. The van der Waals surface area contributed by atoms with E-state index in [2.05, 4.69) is 83.5 Å². The van der Waals surface area contributed by atoms with E-state index in [1.165, 1.54) is 27.5 Å². The molecule has 2 heteroatoms. The van der Waals surface area contributed by atoms with E-state index in [0.29, 0.717) is 0 Å². The summed E-state index contributed by atoms with van der Waals surface area (Å²) in [6, 6.07) is 21.3. The van der Waals surface area contributed by atoms with E-state index < -0.39 is 0 Å². The van der Waals surface area contributed by atoms with Crippen LogP contribution in [0, 0.1) is 6.92 Å². The Kier molecular flexibility index (Phi) is 4.32. The first kappa shape index (κ1) is 14.6. The quantitative estimate of drug-likeness (QED) is 0.472. The average molecular weight is 360 g/mol. The highest BCUT2D eigenvalue weighted by Crippen LogP contribution is 2.29. The van der Waals surface area contributed by atoms with E-state index in [-0.39, 0.29) is 5.38 Å². The molecule has 0 heterocycles. The Bertz CT molecular complexity index is 779. The number of hydrogen-bond acceptors (Lipinski definition) is 0. The standard InChI is InChI=1S/C19H16BrCl/c1-13-10-17(8-9-18(13)20)19(21)12-14-6-7-15-4-2-3-5-16(15)11-14/h2-11,19H,12H2,1H3. The second kappa shape index (κ2) is 6.21. The van der Waals surface area contributed by atoms with Crippen molar-refractivity contribution < 1.29 is 0 Å². The van der Waals surface area contributed by atoms with Crippen LogP contribution in [0.2, 0.25) is 0 Å². The van der Waals surface area contributed by atoms with Gasteiger partial charge in [0.05, 0.1) is 5.38 Å². The van der Waals surface area contributed by atoms with E-state index in [4.69, 9.17) is 11.6 Å². The summed E-state index contributed by atoms with van der Waals surface area (Å²) < 4.78 is 1.13. The molecule has 0 fully saturated rings. The number of rotatable bonds is 3. The third-order valence-corrected chi connectivity index (χ3v) is 5.07. The monoisotopic (exact) mass is 358 g/mol. The average Bonchev–Trinajstić information content (AvgIpc) is 2.50. The molecule has 3 rings (SSSR count). The van der Waals surface area contributed by atoms with Crippen LogP contribution >= 0.6 is 27.5 Å². The van der Waals surface area contributed by atoms with Crippen LogP contribution < -0.4 is 0 Å². The number of benzene rings is 3. The molecule has 3 aromatic carbocycles. The zero-order valence-corrected chi connectivity index (χ0v) is 14.2. The molecular formula is C19H16BrCl. The fraction of sp³-hybridized carbons (Fsp3) is 0.158. The molecule has 0 aliphatic rings. The normalized spacial score (nSPS) is 12.5. The molecule has 0 nitrogen and oxygen atoms in total. The number of hydrogen-bond donors (Lipinski definition) is 0. The molecule has 1 atom stereocenters. The van der Waals surface area contributed by atoms with Crippen LogP contribution in [-0.2, 0) is 6.42 Å². The van der Waals surface area contributed by atoms with E-state index in [9.17, 15) is 0 Å². The van der Waals surface area contributed by atoms with Gasteiger partial charge in [-0.2, -0.15) is 0 Å². The lowest BCUT2D eigenvalue weighted by Gasteiger charge is -2.12. The van der Waals surface area contributed by atoms with Crippen LogP contribution in [0.25, 0.3) is 10.8 Å². The van der Waals surface area contributed by atoms with Crippen molar-refractivity contribution in [2.24, 2.45) is 0 Å². The predicted molar refractivity (Wildman–Crippen MR) is 95.1 cm³/mol. The van der Waals surface area contributed by atoms with Gasteiger partial charge < -0.3 is 0 Å². The van der Waals surface area contributed by atoms with Crippen molar-refractivity contribution in [3.8, 4) is 0 Å². The summed E-state index contributed by atoms with van der Waals surface area (Å²) in [5.74, 6) is 0. The Morgan fingerprint density at radius 3 is 2.48 bits per heavy atom. The second-order valence-corrected chi connectivity index (χ2v) is 6.74. The molecule has 0 aliphatic carbocycles.